The zero-order chi connectivity index (χ0) is 9.56. The maximum absolute atomic E-state index is 11.3. The Bertz CT molecular complexity index is 137. The SMILES string of the molecule is CC(C)N(CCO)C(=O)CCN. The lowest BCUT2D eigenvalue weighted by atomic mass is 10.2. The Morgan fingerprint density at radius 3 is 2.50 bits per heavy atom. The summed E-state index contributed by atoms with van der Waals surface area (Å²) in [5.41, 5.74) is 5.25. The summed E-state index contributed by atoms with van der Waals surface area (Å²) in [4.78, 5) is 12.9. The molecule has 1 amide bonds. The average molecular weight is 174 g/mol. The third-order valence-electron chi connectivity index (χ3n) is 1.64. The molecule has 0 saturated heterocycles. The van der Waals surface area contributed by atoms with Gasteiger partial charge in [0.05, 0.1) is 6.61 Å². The van der Waals surface area contributed by atoms with E-state index in [1.807, 2.05) is 13.8 Å². The van der Waals surface area contributed by atoms with Gasteiger partial charge in [0.1, 0.15) is 0 Å². The Hall–Kier alpha value is -0.610. The first-order valence-electron chi connectivity index (χ1n) is 4.23. The fraction of sp³-hybridized carbons (Fsp3) is 0.875. The van der Waals surface area contributed by atoms with E-state index in [0.29, 0.717) is 19.5 Å². The van der Waals surface area contributed by atoms with Crippen LogP contribution in [0.5, 0.6) is 0 Å². The Labute approximate surface area is 73.3 Å². The molecule has 3 N–H and O–H groups in total. The van der Waals surface area contributed by atoms with Crippen molar-refractivity contribution >= 4 is 5.91 Å². The minimum atomic E-state index is 0.00842. The fourth-order valence-electron chi connectivity index (χ4n) is 1.05. The summed E-state index contributed by atoms with van der Waals surface area (Å²) in [6.45, 7) is 4.62. The lowest BCUT2D eigenvalue weighted by Crippen LogP contribution is -2.39. The highest BCUT2D eigenvalue weighted by molar-refractivity contribution is 5.76. The van der Waals surface area contributed by atoms with Gasteiger partial charge in [-0.05, 0) is 13.8 Å². The van der Waals surface area contributed by atoms with Crippen molar-refractivity contribution in [3.05, 3.63) is 0 Å². The van der Waals surface area contributed by atoms with Gasteiger partial charge in [0.15, 0.2) is 0 Å². The summed E-state index contributed by atoms with van der Waals surface area (Å²) in [7, 11) is 0. The molecule has 72 valence electrons. The van der Waals surface area contributed by atoms with E-state index in [1.54, 1.807) is 4.90 Å². The third kappa shape index (κ3) is 3.69. The molecule has 0 fully saturated rings. The lowest BCUT2D eigenvalue weighted by molar-refractivity contribution is -0.133. The molecule has 12 heavy (non-hydrogen) atoms. The van der Waals surface area contributed by atoms with Gasteiger partial charge in [-0.25, -0.2) is 0 Å². The van der Waals surface area contributed by atoms with Crippen LogP contribution in [0.2, 0.25) is 0 Å². The van der Waals surface area contributed by atoms with Crippen LogP contribution in [0, 0.1) is 0 Å². The highest BCUT2D eigenvalue weighted by atomic mass is 16.3. The highest BCUT2D eigenvalue weighted by Gasteiger charge is 2.14. The molecule has 0 aliphatic carbocycles. The first-order valence-corrected chi connectivity index (χ1v) is 4.23. The van der Waals surface area contributed by atoms with Gasteiger partial charge in [-0.3, -0.25) is 4.79 Å². The van der Waals surface area contributed by atoms with Gasteiger partial charge in [0, 0.05) is 25.6 Å². The van der Waals surface area contributed by atoms with E-state index in [9.17, 15) is 4.79 Å². The van der Waals surface area contributed by atoms with Crippen molar-refractivity contribution < 1.29 is 9.90 Å². The minimum absolute atomic E-state index is 0.00842. The molecule has 0 aliphatic heterocycles. The normalized spacial score (nSPS) is 10.4. The Morgan fingerprint density at radius 2 is 2.17 bits per heavy atom. The van der Waals surface area contributed by atoms with Gasteiger partial charge < -0.3 is 15.7 Å². The van der Waals surface area contributed by atoms with Crippen LogP contribution in [0.1, 0.15) is 20.3 Å². The van der Waals surface area contributed by atoms with Crippen LogP contribution in [0.4, 0.5) is 0 Å². The Morgan fingerprint density at radius 1 is 1.58 bits per heavy atom. The second-order valence-corrected chi connectivity index (χ2v) is 2.94. The number of aliphatic hydroxyl groups excluding tert-OH is 1. The van der Waals surface area contributed by atoms with Crippen LogP contribution >= 0.6 is 0 Å². The van der Waals surface area contributed by atoms with Crippen LogP contribution in [0.25, 0.3) is 0 Å². The topological polar surface area (TPSA) is 66.6 Å². The van der Waals surface area contributed by atoms with Crippen molar-refractivity contribution in [2.45, 2.75) is 26.3 Å². The van der Waals surface area contributed by atoms with Crippen LogP contribution in [-0.2, 0) is 4.79 Å². The summed E-state index contributed by atoms with van der Waals surface area (Å²) in [6.07, 6.45) is 0.359. The van der Waals surface area contributed by atoms with Crippen LogP contribution in [0.3, 0.4) is 0 Å². The highest BCUT2D eigenvalue weighted by Crippen LogP contribution is 1.99. The van der Waals surface area contributed by atoms with Crippen molar-refractivity contribution in [2.75, 3.05) is 19.7 Å². The van der Waals surface area contributed by atoms with Gasteiger partial charge in [-0.15, -0.1) is 0 Å². The molecule has 4 heteroatoms. The van der Waals surface area contributed by atoms with Gasteiger partial charge in [-0.1, -0.05) is 0 Å². The molecular formula is C8H18N2O2. The van der Waals surface area contributed by atoms with Crippen LogP contribution in [0.15, 0.2) is 0 Å². The zero-order valence-electron chi connectivity index (χ0n) is 7.79. The van der Waals surface area contributed by atoms with E-state index in [2.05, 4.69) is 0 Å². The average Bonchev–Trinajstić information content (AvgIpc) is 1.99. The third-order valence-corrected chi connectivity index (χ3v) is 1.64. The number of hydrogen-bond donors (Lipinski definition) is 2. The minimum Gasteiger partial charge on any atom is -0.395 e. The maximum atomic E-state index is 11.3. The first-order chi connectivity index (χ1) is 5.63. The van der Waals surface area contributed by atoms with Crippen molar-refractivity contribution in [1.82, 2.24) is 4.90 Å². The summed E-state index contributed by atoms with van der Waals surface area (Å²) in [6, 6.07) is 0.135. The molecule has 0 atom stereocenters. The summed E-state index contributed by atoms with van der Waals surface area (Å²) < 4.78 is 0. The number of nitrogens with two attached hydrogens (primary N) is 1. The number of aliphatic hydroxyl groups is 1. The van der Waals surface area contributed by atoms with Gasteiger partial charge in [-0.2, -0.15) is 0 Å². The molecule has 0 aliphatic rings. The number of hydrogen-bond acceptors (Lipinski definition) is 3. The molecule has 4 nitrogen and oxygen atoms in total. The summed E-state index contributed by atoms with van der Waals surface area (Å²) in [5.74, 6) is 0.0153. The van der Waals surface area contributed by atoms with Crippen molar-refractivity contribution in [3.8, 4) is 0 Å². The molecule has 0 unspecified atom stereocenters. The number of amides is 1. The summed E-state index contributed by atoms with van der Waals surface area (Å²) >= 11 is 0. The van der Waals surface area contributed by atoms with Gasteiger partial charge >= 0.3 is 0 Å². The predicted octanol–water partition coefficient (Wildman–Crippen LogP) is -0.435. The Kier molecular flexibility index (Phi) is 5.66. The standard InChI is InChI=1S/C8H18N2O2/c1-7(2)10(5-6-11)8(12)3-4-9/h7,11H,3-6,9H2,1-2H3. The second kappa shape index (κ2) is 5.97. The molecule has 0 heterocycles. The van der Waals surface area contributed by atoms with E-state index in [4.69, 9.17) is 10.8 Å². The number of rotatable bonds is 5. The number of carbonyl (C=O) groups excluding carboxylic acids is 1. The van der Waals surface area contributed by atoms with Crippen LogP contribution in [-0.4, -0.2) is 41.7 Å². The van der Waals surface area contributed by atoms with Gasteiger partial charge in [0.25, 0.3) is 0 Å². The zero-order valence-corrected chi connectivity index (χ0v) is 7.79. The number of nitrogens with zero attached hydrogens (tertiary/aromatic N) is 1. The Balaban J connectivity index is 4.00. The van der Waals surface area contributed by atoms with E-state index in [1.165, 1.54) is 0 Å². The van der Waals surface area contributed by atoms with Crippen molar-refractivity contribution in [3.63, 3.8) is 0 Å². The van der Waals surface area contributed by atoms with Crippen molar-refractivity contribution in [2.24, 2.45) is 5.73 Å². The number of carbonyl (C=O) groups is 1. The van der Waals surface area contributed by atoms with Gasteiger partial charge in [0.2, 0.25) is 5.91 Å². The molecular weight excluding hydrogens is 156 g/mol. The molecule has 0 radical (unpaired) electrons. The molecule has 0 rings (SSSR count). The van der Waals surface area contributed by atoms with E-state index in [-0.39, 0.29) is 18.6 Å². The quantitative estimate of drug-likeness (QED) is 0.594. The van der Waals surface area contributed by atoms with E-state index in [0.717, 1.165) is 0 Å². The maximum Gasteiger partial charge on any atom is 0.224 e. The molecule has 0 aromatic carbocycles. The molecule has 0 spiro atoms. The largest absolute Gasteiger partial charge is 0.395 e. The summed E-state index contributed by atoms with van der Waals surface area (Å²) in [5, 5.41) is 8.68. The predicted molar refractivity (Wildman–Crippen MR) is 47.6 cm³/mol. The van der Waals surface area contributed by atoms with Crippen LogP contribution < -0.4 is 5.73 Å². The molecule has 0 bridgehead atoms. The molecule has 0 aromatic heterocycles. The second-order valence-electron chi connectivity index (χ2n) is 2.94. The smallest absolute Gasteiger partial charge is 0.224 e. The lowest BCUT2D eigenvalue weighted by Gasteiger charge is -2.25. The van der Waals surface area contributed by atoms with E-state index >= 15 is 0 Å². The van der Waals surface area contributed by atoms with E-state index < -0.39 is 0 Å². The molecule has 0 saturated carbocycles. The fourth-order valence-corrected chi connectivity index (χ4v) is 1.05. The first kappa shape index (κ1) is 11.4. The monoisotopic (exact) mass is 174 g/mol. The van der Waals surface area contributed by atoms with Crippen molar-refractivity contribution in [1.29, 1.82) is 0 Å². The molecule has 0 aromatic rings.